The molecule has 3 rings (SSSR count). The van der Waals surface area contributed by atoms with E-state index in [1.54, 1.807) is 42.8 Å². The minimum Gasteiger partial charge on any atom is -0.481 e. The number of halogens is 1. The Morgan fingerprint density at radius 3 is 2.67 bits per heavy atom. The summed E-state index contributed by atoms with van der Waals surface area (Å²) in [5.41, 5.74) is 1.49. The number of hydrogen-bond acceptors (Lipinski definition) is 4. The number of rotatable bonds is 4. The van der Waals surface area contributed by atoms with E-state index in [1.165, 1.54) is 0 Å². The Hall–Kier alpha value is -2.12. The number of nitrogens with one attached hydrogen (secondary N) is 1. The summed E-state index contributed by atoms with van der Waals surface area (Å²) in [6, 6.07) is 12.7. The molecule has 0 saturated heterocycles. The number of anilines is 1. The van der Waals surface area contributed by atoms with Crippen LogP contribution in [0.2, 0.25) is 0 Å². The molecular formula is C17H15BrN2O3S. The number of amides is 1. The molecule has 1 aromatic heterocycles. The summed E-state index contributed by atoms with van der Waals surface area (Å²) < 4.78 is 9.00. The van der Waals surface area contributed by atoms with Gasteiger partial charge in [0.25, 0.3) is 5.91 Å². The summed E-state index contributed by atoms with van der Waals surface area (Å²) in [7, 11) is 1.73. The highest BCUT2D eigenvalue weighted by Crippen LogP contribution is 2.22. The van der Waals surface area contributed by atoms with E-state index in [2.05, 4.69) is 21.2 Å². The van der Waals surface area contributed by atoms with E-state index in [9.17, 15) is 9.59 Å². The first-order valence-corrected chi connectivity index (χ1v) is 8.87. The molecule has 124 valence electrons. The lowest BCUT2D eigenvalue weighted by Crippen LogP contribution is -2.30. The fraction of sp³-hybridized carbons (Fsp3) is 0.176. The van der Waals surface area contributed by atoms with Gasteiger partial charge in [0.1, 0.15) is 5.75 Å². The lowest BCUT2D eigenvalue weighted by atomic mass is 10.2. The van der Waals surface area contributed by atoms with Crippen LogP contribution in [-0.2, 0) is 11.8 Å². The first-order chi connectivity index (χ1) is 11.4. The topological polar surface area (TPSA) is 60.3 Å². The van der Waals surface area contributed by atoms with Crippen LogP contribution in [-0.4, -0.2) is 16.6 Å². The molecule has 5 nitrogen and oxygen atoms in total. The zero-order valence-electron chi connectivity index (χ0n) is 13.1. The number of aromatic nitrogens is 1. The Balaban J connectivity index is 1.71. The Labute approximate surface area is 151 Å². The fourth-order valence-electron chi connectivity index (χ4n) is 2.23. The summed E-state index contributed by atoms with van der Waals surface area (Å²) >= 11 is 4.51. The van der Waals surface area contributed by atoms with Crippen LogP contribution in [0, 0.1) is 0 Å². The number of nitrogens with zero attached hydrogens (tertiary/aromatic N) is 1. The molecule has 0 aliphatic heterocycles. The van der Waals surface area contributed by atoms with Gasteiger partial charge in [-0.05, 0) is 49.4 Å². The largest absolute Gasteiger partial charge is 0.481 e. The average molecular weight is 407 g/mol. The molecule has 0 radical (unpaired) electrons. The van der Waals surface area contributed by atoms with E-state index >= 15 is 0 Å². The number of thiazole rings is 1. The van der Waals surface area contributed by atoms with Gasteiger partial charge in [0.15, 0.2) is 6.10 Å². The van der Waals surface area contributed by atoms with Gasteiger partial charge in [0, 0.05) is 17.2 Å². The van der Waals surface area contributed by atoms with Crippen LogP contribution in [0.1, 0.15) is 6.92 Å². The van der Waals surface area contributed by atoms with Crippen LogP contribution in [0.15, 0.2) is 51.7 Å². The molecule has 1 atom stereocenters. The number of benzene rings is 2. The van der Waals surface area contributed by atoms with Crippen molar-refractivity contribution in [2.24, 2.45) is 7.05 Å². The van der Waals surface area contributed by atoms with Gasteiger partial charge in [-0.3, -0.25) is 9.59 Å². The highest BCUT2D eigenvalue weighted by atomic mass is 79.9. The van der Waals surface area contributed by atoms with Crippen LogP contribution in [0.3, 0.4) is 0 Å². The third kappa shape index (κ3) is 3.52. The van der Waals surface area contributed by atoms with Crippen LogP contribution >= 0.6 is 27.3 Å². The number of hydrogen-bond donors (Lipinski definition) is 1. The molecule has 1 amide bonds. The van der Waals surface area contributed by atoms with Crippen molar-refractivity contribution in [3.63, 3.8) is 0 Å². The molecule has 0 fully saturated rings. The summed E-state index contributed by atoms with van der Waals surface area (Å²) in [6.07, 6.45) is -0.642. The Morgan fingerprint density at radius 2 is 1.96 bits per heavy atom. The second kappa shape index (κ2) is 6.78. The Bertz CT molecular complexity index is 947. The Kier molecular flexibility index (Phi) is 4.73. The molecule has 7 heteroatoms. The van der Waals surface area contributed by atoms with E-state index in [0.717, 1.165) is 26.0 Å². The second-order valence-corrected chi connectivity index (χ2v) is 7.22. The quantitative estimate of drug-likeness (QED) is 0.717. The van der Waals surface area contributed by atoms with Gasteiger partial charge < -0.3 is 14.6 Å². The van der Waals surface area contributed by atoms with E-state index in [-0.39, 0.29) is 10.8 Å². The highest BCUT2D eigenvalue weighted by Gasteiger charge is 2.15. The van der Waals surface area contributed by atoms with Gasteiger partial charge >= 0.3 is 4.87 Å². The first-order valence-electron chi connectivity index (χ1n) is 7.27. The number of ether oxygens (including phenoxy) is 1. The molecule has 0 aliphatic carbocycles. The van der Waals surface area contributed by atoms with E-state index in [0.29, 0.717) is 11.4 Å². The van der Waals surface area contributed by atoms with E-state index in [1.807, 2.05) is 18.2 Å². The minimum absolute atomic E-state index is 0.0274. The average Bonchev–Trinajstić information content (AvgIpc) is 2.83. The molecule has 3 aromatic rings. The number of carbonyl (C=O) groups excluding carboxylic acids is 1. The summed E-state index contributed by atoms with van der Waals surface area (Å²) in [5.74, 6) is 0.373. The number of fused-ring (bicyclic) bond motifs is 1. The molecule has 24 heavy (non-hydrogen) atoms. The second-order valence-electron chi connectivity index (χ2n) is 5.31. The summed E-state index contributed by atoms with van der Waals surface area (Å²) in [6.45, 7) is 1.69. The lowest BCUT2D eigenvalue weighted by Gasteiger charge is -2.15. The van der Waals surface area contributed by atoms with Gasteiger partial charge in [0.2, 0.25) is 0 Å². The summed E-state index contributed by atoms with van der Waals surface area (Å²) in [4.78, 5) is 23.9. The van der Waals surface area contributed by atoms with Crippen molar-refractivity contribution in [3.8, 4) is 5.75 Å². The maximum Gasteiger partial charge on any atom is 0.307 e. The Morgan fingerprint density at radius 1 is 1.25 bits per heavy atom. The molecule has 2 aromatic carbocycles. The van der Waals surface area contributed by atoms with Crippen molar-refractivity contribution in [2.45, 2.75) is 13.0 Å². The van der Waals surface area contributed by atoms with Crippen molar-refractivity contribution < 1.29 is 9.53 Å². The molecule has 0 unspecified atom stereocenters. The lowest BCUT2D eigenvalue weighted by molar-refractivity contribution is -0.122. The van der Waals surface area contributed by atoms with Gasteiger partial charge in [0.05, 0.1) is 10.2 Å². The smallest absolute Gasteiger partial charge is 0.307 e. The van der Waals surface area contributed by atoms with Crippen LogP contribution in [0.25, 0.3) is 10.2 Å². The SMILES string of the molecule is C[C@H](Oc1ccc(Br)cc1)C(=O)Nc1ccc2c(c1)sc(=O)n2C. The molecule has 0 aliphatic rings. The van der Waals surface area contributed by atoms with Crippen molar-refractivity contribution in [1.29, 1.82) is 0 Å². The minimum atomic E-state index is -0.642. The van der Waals surface area contributed by atoms with Gasteiger partial charge in [-0.1, -0.05) is 27.3 Å². The molecular weight excluding hydrogens is 392 g/mol. The van der Waals surface area contributed by atoms with E-state index < -0.39 is 6.10 Å². The first kappa shape index (κ1) is 16.7. The predicted molar refractivity (Wildman–Crippen MR) is 99.9 cm³/mol. The normalized spacial score (nSPS) is 12.1. The molecule has 0 bridgehead atoms. The highest BCUT2D eigenvalue weighted by molar-refractivity contribution is 9.10. The van der Waals surface area contributed by atoms with Crippen LogP contribution in [0.4, 0.5) is 5.69 Å². The maximum absolute atomic E-state index is 12.3. The van der Waals surface area contributed by atoms with Crippen molar-refractivity contribution >= 4 is 49.1 Å². The summed E-state index contributed by atoms with van der Waals surface area (Å²) in [5, 5.41) is 2.82. The van der Waals surface area contributed by atoms with E-state index in [4.69, 9.17) is 4.74 Å². The predicted octanol–water partition coefficient (Wildman–Crippen LogP) is 3.77. The molecule has 1 heterocycles. The van der Waals surface area contributed by atoms with Crippen molar-refractivity contribution in [1.82, 2.24) is 4.57 Å². The molecule has 0 saturated carbocycles. The van der Waals surface area contributed by atoms with Gasteiger partial charge in [-0.2, -0.15) is 0 Å². The van der Waals surface area contributed by atoms with Crippen LogP contribution < -0.4 is 14.9 Å². The third-order valence-electron chi connectivity index (χ3n) is 3.56. The number of aryl methyl sites for hydroxylation is 1. The van der Waals surface area contributed by atoms with Crippen molar-refractivity contribution in [2.75, 3.05) is 5.32 Å². The third-order valence-corrected chi connectivity index (χ3v) is 5.08. The molecule has 0 spiro atoms. The van der Waals surface area contributed by atoms with Crippen molar-refractivity contribution in [3.05, 3.63) is 56.6 Å². The van der Waals surface area contributed by atoms with Crippen LogP contribution in [0.5, 0.6) is 5.75 Å². The number of carbonyl (C=O) groups is 1. The zero-order valence-corrected chi connectivity index (χ0v) is 15.5. The zero-order chi connectivity index (χ0) is 17.3. The monoisotopic (exact) mass is 406 g/mol. The maximum atomic E-state index is 12.3. The van der Waals surface area contributed by atoms with Gasteiger partial charge in [-0.25, -0.2) is 0 Å². The van der Waals surface area contributed by atoms with Gasteiger partial charge in [-0.15, -0.1) is 0 Å². The molecule has 1 N–H and O–H groups in total. The standard InChI is InChI=1S/C17H15BrN2O3S/c1-10(23-13-6-3-11(18)4-7-13)16(21)19-12-5-8-14-15(9-12)24-17(22)20(14)2/h3-10H,1-2H3,(H,19,21)/t10-/m0/s1. The fourth-order valence-corrected chi connectivity index (χ4v) is 3.41.